The van der Waals surface area contributed by atoms with E-state index in [9.17, 15) is 0 Å². The molecule has 0 spiro atoms. The Labute approximate surface area is 193 Å². The number of hydrogen-bond acceptors (Lipinski definition) is 6. The summed E-state index contributed by atoms with van der Waals surface area (Å²) < 4.78 is 7.01. The van der Waals surface area contributed by atoms with E-state index in [0.29, 0.717) is 11.9 Å². The first-order chi connectivity index (χ1) is 14.6. The summed E-state index contributed by atoms with van der Waals surface area (Å²) in [5.41, 5.74) is 3.03. The normalized spacial score (nSPS) is 10.3. The van der Waals surface area contributed by atoms with Gasteiger partial charge in [0, 0.05) is 39.9 Å². The van der Waals surface area contributed by atoms with Gasteiger partial charge in [-0.25, -0.2) is 9.67 Å². The van der Waals surface area contributed by atoms with Crippen molar-refractivity contribution in [2.24, 2.45) is 14.1 Å². The zero-order valence-corrected chi connectivity index (χ0v) is 19.8. The van der Waals surface area contributed by atoms with Gasteiger partial charge in [-0.3, -0.25) is 10.1 Å². The van der Waals surface area contributed by atoms with E-state index in [4.69, 9.17) is 0 Å². The van der Waals surface area contributed by atoms with Gasteiger partial charge in [-0.1, -0.05) is 12.4 Å². The predicted molar refractivity (Wildman–Crippen MR) is 109 cm³/mol. The van der Waals surface area contributed by atoms with Crippen LogP contribution in [0.5, 0.6) is 0 Å². The number of rotatable bonds is 3. The van der Waals surface area contributed by atoms with Crippen LogP contribution in [0.3, 0.4) is 0 Å². The van der Waals surface area contributed by atoms with Crippen LogP contribution in [0.1, 0.15) is 11.4 Å². The maximum absolute atomic E-state index is 4.49. The van der Waals surface area contributed by atoms with Crippen LogP contribution in [-0.2, 0) is 34.2 Å². The zero-order chi connectivity index (χ0) is 21.1. The smallest absolute Gasteiger partial charge is 0.222 e. The van der Waals surface area contributed by atoms with Crippen molar-refractivity contribution in [3.8, 4) is 23.3 Å². The van der Waals surface area contributed by atoms with Gasteiger partial charge in [0.2, 0.25) is 5.95 Å². The molecule has 10 nitrogen and oxygen atoms in total. The third kappa shape index (κ3) is 4.52. The Balaban J connectivity index is 0.000000183. The Hall–Kier alpha value is -3.43. The number of aryl methyl sites for hydroxylation is 2. The molecule has 4 aromatic heterocycles. The number of nitrogens with zero attached hydrogens (tertiary/aromatic N) is 10. The van der Waals surface area contributed by atoms with Gasteiger partial charge in [-0.2, -0.15) is 10.2 Å². The van der Waals surface area contributed by atoms with E-state index in [1.807, 2.05) is 61.3 Å². The van der Waals surface area contributed by atoms with E-state index >= 15 is 0 Å². The van der Waals surface area contributed by atoms with Crippen LogP contribution in [0.15, 0.2) is 49.2 Å². The fraction of sp³-hybridized carbons (Fsp3) is 0.200. The van der Waals surface area contributed by atoms with Crippen molar-refractivity contribution in [3.63, 3.8) is 0 Å². The van der Waals surface area contributed by atoms with Crippen LogP contribution < -0.4 is 0 Å². The molecule has 0 fully saturated rings. The molecule has 1 radical (unpaired) electrons. The van der Waals surface area contributed by atoms with Crippen molar-refractivity contribution in [1.29, 1.82) is 0 Å². The van der Waals surface area contributed by atoms with Gasteiger partial charge in [0.15, 0.2) is 5.95 Å². The SMILES string of the molecule is Cc1nc(-n2ncnc2-n2[c-]ccn2)n(C)c1C.Cn1cnnc1-c1[c-]cccc1.[Ir]. The minimum absolute atomic E-state index is 0. The molecule has 0 aliphatic carbocycles. The molecule has 1 aromatic carbocycles. The van der Waals surface area contributed by atoms with Gasteiger partial charge in [0.1, 0.15) is 12.7 Å². The average molecular weight is 593 g/mol. The first-order valence-corrected chi connectivity index (χ1v) is 9.19. The second-order valence-electron chi connectivity index (χ2n) is 6.53. The Morgan fingerprint density at radius 1 is 1.00 bits per heavy atom. The second kappa shape index (κ2) is 9.59. The second-order valence-corrected chi connectivity index (χ2v) is 6.53. The number of benzene rings is 1. The summed E-state index contributed by atoms with van der Waals surface area (Å²) >= 11 is 0. The molecule has 31 heavy (non-hydrogen) atoms. The van der Waals surface area contributed by atoms with Gasteiger partial charge >= 0.3 is 0 Å². The summed E-state index contributed by atoms with van der Waals surface area (Å²) in [6.07, 6.45) is 7.74. The van der Waals surface area contributed by atoms with Crippen LogP contribution in [-0.4, -0.2) is 48.9 Å². The first-order valence-electron chi connectivity index (χ1n) is 9.19. The van der Waals surface area contributed by atoms with Crippen molar-refractivity contribution in [2.45, 2.75) is 13.8 Å². The molecule has 0 aliphatic heterocycles. The summed E-state index contributed by atoms with van der Waals surface area (Å²) in [5, 5.41) is 16.1. The molecule has 5 aromatic rings. The predicted octanol–water partition coefficient (Wildman–Crippen LogP) is 1.88. The number of hydrogen-bond donors (Lipinski definition) is 0. The van der Waals surface area contributed by atoms with E-state index in [1.54, 1.807) is 23.3 Å². The van der Waals surface area contributed by atoms with Crippen LogP contribution in [0.2, 0.25) is 0 Å². The summed E-state index contributed by atoms with van der Waals surface area (Å²) in [4.78, 5) is 8.67. The van der Waals surface area contributed by atoms with E-state index < -0.39 is 0 Å². The molecular formula is C20H20IrN10-2. The Morgan fingerprint density at radius 2 is 1.84 bits per heavy atom. The molecule has 5 rings (SSSR count). The van der Waals surface area contributed by atoms with Crippen molar-refractivity contribution in [1.82, 2.24) is 48.9 Å². The fourth-order valence-electron chi connectivity index (χ4n) is 2.82. The molecule has 11 heteroatoms. The monoisotopic (exact) mass is 593 g/mol. The van der Waals surface area contributed by atoms with E-state index in [1.165, 1.54) is 11.0 Å². The number of imidazole rings is 1. The van der Waals surface area contributed by atoms with Crippen LogP contribution >= 0.6 is 0 Å². The van der Waals surface area contributed by atoms with Crippen molar-refractivity contribution < 1.29 is 20.1 Å². The van der Waals surface area contributed by atoms with Crippen molar-refractivity contribution >= 4 is 0 Å². The van der Waals surface area contributed by atoms with E-state index in [-0.39, 0.29) is 20.1 Å². The van der Waals surface area contributed by atoms with Crippen LogP contribution in [0.4, 0.5) is 0 Å². The van der Waals surface area contributed by atoms with Crippen LogP contribution in [0, 0.1) is 26.1 Å². The molecule has 0 saturated carbocycles. The summed E-state index contributed by atoms with van der Waals surface area (Å²) in [6.45, 7) is 3.98. The summed E-state index contributed by atoms with van der Waals surface area (Å²) in [6, 6.07) is 12.5. The zero-order valence-electron chi connectivity index (χ0n) is 17.4. The molecule has 0 saturated heterocycles. The summed E-state index contributed by atoms with van der Waals surface area (Å²) in [7, 11) is 3.86. The molecule has 0 bridgehead atoms. The fourth-order valence-corrected chi connectivity index (χ4v) is 2.82. The van der Waals surface area contributed by atoms with Crippen molar-refractivity contribution in [2.75, 3.05) is 0 Å². The molecule has 0 N–H and O–H groups in total. The standard InChI is InChI=1S/C11H12N7.C9H8N3.Ir/c1-8-9(2)16(3)11(15-8)18-10(12-7-14-18)17-6-4-5-13-17;1-12-7-10-11-9(12)8-5-3-2-4-6-8;/h4-5,7H,1-3H3;2-5,7H,1H3;/q2*-1;. The molecule has 4 heterocycles. The topological polar surface area (TPSA) is 97.1 Å². The van der Waals surface area contributed by atoms with Crippen molar-refractivity contribution in [3.05, 3.63) is 72.8 Å². The molecule has 0 atom stereocenters. The number of aromatic nitrogens is 10. The molecule has 0 amide bonds. The van der Waals surface area contributed by atoms with Gasteiger partial charge in [-0.15, -0.1) is 47.1 Å². The third-order valence-electron chi connectivity index (χ3n) is 4.62. The van der Waals surface area contributed by atoms with Gasteiger partial charge in [-0.05, 0) is 13.8 Å². The molecule has 161 valence electrons. The van der Waals surface area contributed by atoms with E-state index in [0.717, 1.165) is 22.8 Å². The average Bonchev–Trinajstić information content (AvgIpc) is 3.55. The maximum Gasteiger partial charge on any atom is 0.222 e. The van der Waals surface area contributed by atoms with Gasteiger partial charge in [0.25, 0.3) is 0 Å². The summed E-state index contributed by atoms with van der Waals surface area (Å²) in [5.74, 6) is 2.12. The molecule has 0 unspecified atom stereocenters. The Kier molecular flexibility index (Phi) is 6.88. The molecular weight excluding hydrogens is 573 g/mol. The third-order valence-corrected chi connectivity index (χ3v) is 4.62. The van der Waals surface area contributed by atoms with Crippen LogP contribution in [0.25, 0.3) is 23.3 Å². The quantitative estimate of drug-likeness (QED) is 0.297. The van der Waals surface area contributed by atoms with E-state index in [2.05, 4.69) is 42.6 Å². The van der Waals surface area contributed by atoms with Gasteiger partial charge < -0.3 is 13.8 Å². The Bertz CT molecular complexity index is 1230. The minimum Gasteiger partial charge on any atom is -0.357 e. The minimum atomic E-state index is 0. The first kappa shape index (κ1) is 22.3. The largest absolute Gasteiger partial charge is 0.357 e. The molecule has 0 aliphatic rings. The maximum atomic E-state index is 4.49. The van der Waals surface area contributed by atoms with Gasteiger partial charge in [0.05, 0.1) is 11.5 Å². The Morgan fingerprint density at radius 3 is 2.42 bits per heavy atom.